The molecule has 0 aliphatic heterocycles. The van der Waals surface area contributed by atoms with Gasteiger partial charge in [0.1, 0.15) is 9.49 Å². The van der Waals surface area contributed by atoms with E-state index in [1.807, 2.05) is 11.4 Å². The normalized spacial score (nSPS) is 10.3. The molecule has 2 rings (SSSR count). The van der Waals surface area contributed by atoms with Crippen molar-refractivity contribution in [2.24, 2.45) is 0 Å². The van der Waals surface area contributed by atoms with E-state index in [-0.39, 0.29) is 0 Å². The fraction of sp³-hybridized carbons (Fsp3) is 0. The third kappa shape index (κ3) is 1.82. The Balaban J connectivity index is 2.53. The van der Waals surface area contributed by atoms with Gasteiger partial charge in [0.15, 0.2) is 5.82 Å². The Labute approximate surface area is 89.2 Å². The van der Waals surface area contributed by atoms with E-state index in [0.29, 0.717) is 15.3 Å². The van der Waals surface area contributed by atoms with Crippen LogP contribution in [-0.4, -0.2) is 9.97 Å². The summed E-state index contributed by atoms with van der Waals surface area (Å²) in [7, 11) is 0. The van der Waals surface area contributed by atoms with Crippen molar-refractivity contribution in [1.82, 2.24) is 9.97 Å². The molecule has 13 heavy (non-hydrogen) atoms. The Hall–Kier alpha value is -0.640. The van der Waals surface area contributed by atoms with Gasteiger partial charge in [0.05, 0.1) is 0 Å². The first-order chi connectivity index (χ1) is 6.27. The molecule has 2 aromatic heterocycles. The van der Waals surface area contributed by atoms with Gasteiger partial charge in [-0.2, -0.15) is 0 Å². The van der Waals surface area contributed by atoms with Gasteiger partial charge in [-0.25, -0.2) is 9.97 Å². The molecule has 0 spiro atoms. The molecule has 0 aliphatic rings. The van der Waals surface area contributed by atoms with Gasteiger partial charge >= 0.3 is 0 Å². The summed E-state index contributed by atoms with van der Waals surface area (Å²) in [5.74, 6) is 0.568. The molecule has 0 N–H and O–H groups in total. The van der Waals surface area contributed by atoms with E-state index in [1.54, 1.807) is 12.3 Å². The van der Waals surface area contributed by atoms with E-state index in [0.717, 1.165) is 5.56 Å². The van der Waals surface area contributed by atoms with Gasteiger partial charge in [-0.05, 0) is 17.5 Å². The maximum Gasteiger partial charge on any atom is 0.163 e. The zero-order chi connectivity index (χ0) is 9.26. The summed E-state index contributed by atoms with van der Waals surface area (Å²) in [6.45, 7) is 0. The molecule has 0 saturated heterocycles. The Kier molecular flexibility index (Phi) is 2.49. The molecule has 5 heteroatoms. The van der Waals surface area contributed by atoms with Crippen LogP contribution in [0.1, 0.15) is 0 Å². The van der Waals surface area contributed by atoms with Crippen molar-refractivity contribution >= 4 is 34.5 Å². The van der Waals surface area contributed by atoms with Gasteiger partial charge in [0, 0.05) is 11.8 Å². The van der Waals surface area contributed by atoms with Gasteiger partial charge in [-0.15, -0.1) is 11.3 Å². The van der Waals surface area contributed by atoms with Crippen LogP contribution in [0.5, 0.6) is 0 Å². The average molecular weight is 231 g/mol. The lowest BCUT2D eigenvalue weighted by Crippen LogP contribution is -1.86. The van der Waals surface area contributed by atoms with E-state index in [9.17, 15) is 0 Å². The van der Waals surface area contributed by atoms with Crippen molar-refractivity contribution in [3.8, 4) is 11.4 Å². The third-order valence-corrected chi connectivity index (χ3v) is 2.86. The number of hydrogen-bond acceptors (Lipinski definition) is 3. The van der Waals surface area contributed by atoms with E-state index in [1.165, 1.54) is 11.3 Å². The molecule has 0 amide bonds. The van der Waals surface area contributed by atoms with Crippen LogP contribution >= 0.6 is 34.5 Å². The molecule has 2 aromatic rings. The molecule has 0 fully saturated rings. The zero-order valence-electron chi connectivity index (χ0n) is 6.37. The molecule has 0 aromatic carbocycles. The second-order valence-corrected chi connectivity index (χ2v) is 4.22. The largest absolute Gasteiger partial charge is 0.236 e. The third-order valence-electron chi connectivity index (χ3n) is 1.48. The molecule has 0 bridgehead atoms. The Morgan fingerprint density at radius 2 is 2.08 bits per heavy atom. The molecule has 66 valence electrons. The van der Waals surface area contributed by atoms with Gasteiger partial charge < -0.3 is 0 Å². The van der Waals surface area contributed by atoms with Crippen LogP contribution in [0.15, 0.2) is 23.7 Å². The lowest BCUT2D eigenvalue weighted by atomic mass is 10.3. The van der Waals surface area contributed by atoms with Crippen molar-refractivity contribution in [2.45, 2.75) is 0 Å². The van der Waals surface area contributed by atoms with Crippen LogP contribution in [0.4, 0.5) is 0 Å². The van der Waals surface area contributed by atoms with Gasteiger partial charge in [-0.1, -0.05) is 23.2 Å². The number of thiophene rings is 1. The van der Waals surface area contributed by atoms with Crippen LogP contribution < -0.4 is 0 Å². The van der Waals surface area contributed by atoms with E-state index < -0.39 is 0 Å². The Morgan fingerprint density at radius 1 is 1.23 bits per heavy atom. The highest BCUT2D eigenvalue weighted by Gasteiger charge is 2.07. The van der Waals surface area contributed by atoms with Gasteiger partial charge in [-0.3, -0.25) is 0 Å². The Morgan fingerprint density at radius 3 is 2.69 bits per heavy atom. The molecule has 0 radical (unpaired) electrons. The summed E-state index contributed by atoms with van der Waals surface area (Å²) in [5, 5.41) is 2.31. The van der Waals surface area contributed by atoms with Gasteiger partial charge in [0.2, 0.25) is 0 Å². The number of aromatic nitrogens is 2. The summed E-state index contributed by atoms with van der Waals surface area (Å²) in [4.78, 5) is 8.12. The average Bonchev–Trinajstić information content (AvgIpc) is 2.51. The zero-order valence-corrected chi connectivity index (χ0v) is 8.70. The SMILES string of the molecule is Clc1ccnc(-c2ccsc2Cl)n1. The highest BCUT2D eigenvalue weighted by Crippen LogP contribution is 2.30. The smallest absolute Gasteiger partial charge is 0.163 e. The second kappa shape index (κ2) is 3.62. The monoisotopic (exact) mass is 230 g/mol. The summed E-state index contributed by atoms with van der Waals surface area (Å²) in [6.07, 6.45) is 1.61. The number of halogens is 2. The minimum Gasteiger partial charge on any atom is -0.236 e. The minimum absolute atomic E-state index is 0.423. The molecule has 2 heterocycles. The summed E-state index contributed by atoms with van der Waals surface area (Å²) in [5.41, 5.74) is 0.828. The standard InChI is InChI=1S/C8H4Cl2N2S/c9-6-1-3-11-8(12-6)5-2-4-13-7(5)10/h1-4H. The van der Waals surface area contributed by atoms with Crippen molar-refractivity contribution in [3.63, 3.8) is 0 Å². The molecule has 0 unspecified atom stereocenters. The predicted molar refractivity (Wildman–Crippen MR) is 55.4 cm³/mol. The van der Waals surface area contributed by atoms with Crippen molar-refractivity contribution < 1.29 is 0 Å². The van der Waals surface area contributed by atoms with Crippen LogP contribution in [0.2, 0.25) is 9.49 Å². The number of rotatable bonds is 1. The van der Waals surface area contributed by atoms with Crippen LogP contribution in [0, 0.1) is 0 Å². The maximum atomic E-state index is 5.92. The molecular weight excluding hydrogens is 227 g/mol. The van der Waals surface area contributed by atoms with Crippen LogP contribution in [0.25, 0.3) is 11.4 Å². The lowest BCUT2D eigenvalue weighted by molar-refractivity contribution is 1.18. The highest BCUT2D eigenvalue weighted by molar-refractivity contribution is 7.15. The quantitative estimate of drug-likeness (QED) is 0.702. The van der Waals surface area contributed by atoms with E-state index in [2.05, 4.69) is 9.97 Å². The maximum absolute atomic E-state index is 5.92. The summed E-state index contributed by atoms with van der Waals surface area (Å²) < 4.78 is 0.683. The van der Waals surface area contributed by atoms with Gasteiger partial charge in [0.25, 0.3) is 0 Å². The lowest BCUT2D eigenvalue weighted by Gasteiger charge is -1.96. The predicted octanol–water partition coefficient (Wildman–Crippen LogP) is 3.51. The first-order valence-corrected chi connectivity index (χ1v) is 5.13. The molecular formula is C8H4Cl2N2S. The molecule has 0 saturated carbocycles. The molecule has 0 atom stereocenters. The minimum atomic E-state index is 0.423. The van der Waals surface area contributed by atoms with Crippen molar-refractivity contribution in [3.05, 3.63) is 33.2 Å². The molecule has 2 nitrogen and oxygen atoms in total. The topological polar surface area (TPSA) is 25.8 Å². The second-order valence-electron chi connectivity index (χ2n) is 2.31. The first-order valence-electron chi connectivity index (χ1n) is 3.49. The first kappa shape index (κ1) is 8.94. The summed E-state index contributed by atoms with van der Waals surface area (Å²) in [6, 6.07) is 3.50. The fourth-order valence-corrected chi connectivity index (χ4v) is 1.97. The number of hydrogen-bond donors (Lipinski definition) is 0. The van der Waals surface area contributed by atoms with Crippen LogP contribution in [0.3, 0.4) is 0 Å². The fourth-order valence-electron chi connectivity index (χ4n) is 0.920. The number of nitrogens with zero attached hydrogens (tertiary/aromatic N) is 2. The summed E-state index contributed by atoms with van der Waals surface area (Å²) >= 11 is 13.1. The van der Waals surface area contributed by atoms with Crippen LogP contribution in [-0.2, 0) is 0 Å². The van der Waals surface area contributed by atoms with E-state index in [4.69, 9.17) is 23.2 Å². The Bertz CT molecular complexity index is 428. The highest BCUT2D eigenvalue weighted by atomic mass is 35.5. The van der Waals surface area contributed by atoms with Crippen molar-refractivity contribution in [2.75, 3.05) is 0 Å². The van der Waals surface area contributed by atoms with Crippen molar-refractivity contribution in [1.29, 1.82) is 0 Å². The van der Waals surface area contributed by atoms with E-state index >= 15 is 0 Å². The molecule has 0 aliphatic carbocycles.